The average molecular weight is 385 g/mol. The quantitative estimate of drug-likeness (QED) is 0.765. The number of piperazine rings is 1. The molecule has 8 nitrogen and oxygen atoms in total. The van der Waals surface area contributed by atoms with Crippen molar-refractivity contribution < 1.29 is 4.79 Å². The highest BCUT2D eigenvalue weighted by atomic mass is 16.2. The van der Waals surface area contributed by atoms with Crippen LogP contribution in [0.5, 0.6) is 0 Å². The largest absolute Gasteiger partial charge is 0.384 e. The Balaban J connectivity index is 1.79. The Bertz CT molecular complexity index is 1020. The summed E-state index contributed by atoms with van der Waals surface area (Å²) in [6, 6.07) is 7.75. The highest BCUT2D eigenvalue weighted by Crippen LogP contribution is 2.22. The third-order valence-electron chi connectivity index (χ3n) is 5.65. The van der Waals surface area contributed by atoms with Gasteiger partial charge in [-0.1, -0.05) is 18.2 Å². The van der Waals surface area contributed by atoms with Crippen LogP contribution in [0.4, 0.5) is 11.5 Å². The molecular formula is C20H27N5O3. The lowest BCUT2D eigenvalue weighted by Crippen LogP contribution is -2.53. The fraction of sp³-hybridized carbons (Fsp3) is 0.450. The Hall–Kier alpha value is -2.87. The molecule has 1 atom stereocenters. The van der Waals surface area contributed by atoms with Crippen LogP contribution in [-0.4, -0.2) is 52.0 Å². The van der Waals surface area contributed by atoms with E-state index in [-0.39, 0.29) is 17.2 Å². The van der Waals surface area contributed by atoms with E-state index >= 15 is 0 Å². The molecule has 1 aliphatic heterocycles. The van der Waals surface area contributed by atoms with E-state index in [1.54, 1.807) is 6.92 Å². The zero-order valence-corrected chi connectivity index (χ0v) is 16.8. The number of para-hydroxylation sites is 1. The van der Waals surface area contributed by atoms with E-state index in [0.29, 0.717) is 13.1 Å². The number of aromatic nitrogens is 2. The number of benzene rings is 1. The van der Waals surface area contributed by atoms with Crippen LogP contribution in [-0.2, 0) is 14.1 Å². The van der Waals surface area contributed by atoms with Gasteiger partial charge in [-0.05, 0) is 25.5 Å². The molecule has 0 aliphatic carbocycles. The van der Waals surface area contributed by atoms with Crippen LogP contribution in [0.2, 0.25) is 0 Å². The van der Waals surface area contributed by atoms with Crippen LogP contribution in [0.3, 0.4) is 0 Å². The van der Waals surface area contributed by atoms with Gasteiger partial charge in [-0.2, -0.15) is 0 Å². The van der Waals surface area contributed by atoms with Gasteiger partial charge in [0.15, 0.2) is 5.78 Å². The molecule has 0 amide bonds. The topological polar surface area (TPSA) is 93.6 Å². The maximum Gasteiger partial charge on any atom is 0.332 e. The van der Waals surface area contributed by atoms with Gasteiger partial charge in [0.2, 0.25) is 0 Å². The summed E-state index contributed by atoms with van der Waals surface area (Å²) in [7, 11) is 2.81. The smallest absolute Gasteiger partial charge is 0.332 e. The molecule has 1 aromatic heterocycles. The maximum atomic E-state index is 13.0. The van der Waals surface area contributed by atoms with Gasteiger partial charge >= 0.3 is 5.69 Å². The van der Waals surface area contributed by atoms with Crippen molar-refractivity contribution in [1.82, 2.24) is 14.0 Å². The van der Waals surface area contributed by atoms with Gasteiger partial charge < -0.3 is 10.6 Å². The summed E-state index contributed by atoms with van der Waals surface area (Å²) in [5.74, 6) is -0.429. The summed E-state index contributed by atoms with van der Waals surface area (Å²) in [5, 5.41) is 0. The van der Waals surface area contributed by atoms with E-state index in [1.807, 2.05) is 12.1 Å². The number of hydrogen-bond acceptors (Lipinski definition) is 6. The summed E-state index contributed by atoms with van der Waals surface area (Å²) in [6.45, 7) is 6.87. The van der Waals surface area contributed by atoms with Crippen LogP contribution in [0.15, 0.2) is 33.9 Å². The molecule has 0 unspecified atom stereocenters. The Morgan fingerprint density at radius 2 is 1.64 bits per heavy atom. The minimum Gasteiger partial charge on any atom is -0.384 e. The van der Waals surface area contributed by atoms with Gasteiger partial charge in [0.25, 0.3) is 5.56 Å². The highest BCUT2D eigenvalue weighted by molar-refractivity contribution is 6.03. The predicted octanol–water partition coefficient (Wildman–Crippen LogP) is 0.368. The van der Waals surface area contributed by atoms with E-state index < -0.39 is 17.3 Å². The van der Waals surface area contributed by atoms with Gasteiger partial charge in [0.05, 0.1) is 6.04 Å². The first-order valence-corrected chi connectivity index (χ1v) is 9.38. The van der Waals surface area contributed by atoms with Crippen LogP contribution >= 0.6 is 0 Å². The normalized spacial score (nSPS) is 16.2. The first-order chi connectivity index (χ1) is 13.2. The van der Waals surface area contributed by atoms with Crippen molar-refractivity contribution in [2.24, 2.45) is 14.1 Å². The van der Waals surface area contributed by atoms with E-state index in [2.05, 4.69) is 28.9 Å². The van der Waals surface area contributed by atoms with Gasteiger partial charge in [-0.25, -0.2) is 4.79 Å². The third kappa shape index (κ3) is 3.35. The lowest BCUT2D eigenvalue weighted by molar-refractivity contribution is 0.0827. The van der Waals surface area contributed by atoms with Crippen LogP contribution in [0.25, 0.3) is 0 Å². The number of nitrogens with zero attached hydrogens (tertiary/aromatic N) is 4. The van der Waals surface area contributed by atoms with Crippen LogP contribution < -0.4 is 21.9 Å². The van der Waals surface area contributed by atoms with Gasteiger partial charge in [0, 0.05) is 46.0 Å². The van der Waals surface area contributed by atoms with Crippen molar-refractivity contribution in [2.75, 3.05) is 36.8 Å². The van der Waals surface area contributed by atoms with Crippen molar-refractivity contribution >= 4 is 17.3 Å². The monoisotopic (exact) mass is 385 g/mol. The molecule has 150 valence electrons. The van der Waals surface area contributed by atoms with Crippen molar-refractivity contribution in [3.05, 3.63) is 56.2 Å². The Labute approximate surface area is 163 Å². The molecule has 0 spiro atoms. The van der Waals surface area contributed by atoms with E-state index in [4.69, 9.17) is 5.73 Å². The number of aryl methyl sites for hydroxylation is 1. The first kappa shape index (κ1) is 19.9. The molecular weight excluding hydrogens is 358 g/mol. The van der Waals surface area contributed by atoms with Gasteiger partial charge in [-0.3, -0.25) is 23.6 Å². The second kappa shape index (κ2) is 7.63. The molecule has 2 N–H and O–H groups in total. The van der Waals surface area contributed by atoms with Crippen molar-refractivity contribution in [3.8, 4) is 0 Å². The Kier molecular flexibility index (Phi) is 5.42. The summed E-state index contributed by atoms with van der Waals surface area (Å²) < 4.78 is 2.06. The molecule has 1 aliphatic rings. The molecule has 3 rings (SSSR count). The molecule has 1 fully saturated rings. The van der Waals surface area contributed by atoms with Crippen LogP contribution in [0, 0.1) is 6.92 Å². The summed E-state index contributed by atoms with van der Waals surface area (Å²) in [5.41, 5.74) is 7.07. The third-order valence-corrected chi connectivity index (χ3v) is 5.65. The highest BCUT2D eigenvalue weighted by Gasteiger charge is 2.30. The lowest BCUT2D eigenvalue weighted by Gasteiger charge is -2.39. The number of Topliss-reactive ketones (excluding diaryl/α,β-unsaturated/α-hetero) is 1. The molecule has 0 bridgehead atoms. The van der Waals surface area contributed by atoms with Crippen LogP contribution in [0.1, 0.15) is 22.8 Å². The van der Waals surface area contributed by atoms with Crippen molar-refractivity contribution in [1.29, 1.82) is 0 Å². The van der Waals surface area contributed by atoms with Crippen molar-refractivity contribution in [2.45, 2.75) is 19.9 Å². The summed E-state index contributed by atoms with van der Waals surface area (Å²) in [4.78, 5) is 41.9. The minimum absolute atomic E-state index is 0.0801. The number of carbonyl (C=O) groups is 1. The SMILES string of the molecule is Cc1ccccc1N1CCN([C@@H](C)C(=O)c2c(N)n(C)c(=O)n(C)c2=O)CC1. The minimum atomic E-state index is -0.643. The molecule has 2 heterocycles. The lowest BCUT2D eigenvalue weighted by atomic mass is 10.0. The number of nitrogen functional groups attached to an aromatic ring is 1. The fourth-order valence-electron chi connectivity index (χ4n) is 3.73. The van der Waals surface area contributed by atoms with E-state index in [9.17, 15) is 14.4 Å². The number of hydrogen-bond donors (Lipinski definition) is 1. The molecule has 28 heavy (non-hydrogen) atoms. The number of anilines is 2. The zero-order chi connectivity index (χ0) is 20.6. The zero-order valence-electron chi connectivity index (χ0n) is 16.8. The van der Waals surface area contributed by atoms with E-state index in [0.717, 1.165) is 22.2 Å². The molecule has 2 aromatic rings. The molecule has 1 aromatic carbocycles. The van der Waals surface area contributed by atoms with Crippen molar-refractivity contribution in [3.63, 3.8) is 0 Å². The second-order valence-corrected chi connectivity index (χ2v) is 7.32. The Morgan fingerprint density at radius 3 is 2.25 bits per heavy atom. The average Bonchev–Trinajstić information content (AvgIpc) is 2.71. The Morgan fingerprint density at radius 1 is 1.04 bits per heavy atom. The number of rotatable bonds is 4. The number of carbonyl (C=O) groups excluding carboxylic acids is 1. The second-order valence-electron chi connectivity index (χ2n) is 7.32. The first-order valence-electron chi connectivity index (χ1n) is 9.38. The number of ketones is 1. The molecule has 1 saturated heterocycles. The summed E-state index contributed by atoms with van der Waals surface area (Å²) >= 11 is 0. The number of nitrogens with two attached hydrogens (primary N) is 1. The maximum absolute atomic E-state index is 13.0. The summed E-state index contributed by atoms with van der Waals surface area (Å²) in [6.07, 6.45) is 0. The standard InChI is InChI=1S/C20H27N5O3/c1-13-7-5-6-8-15(13)25-11-9-24(10-12-25)14(2)17(26)16-18(21)22(3)20(28)23(4)19(16)27/h5-8,14H,9-12,21H2,1-4H3/t14-/m0/s1. The molecule has 0 saturated carbocycles. The molecule has 8 heteroatoms. The fourth-order valence-corrected chi connectivity index (χ4v) is 3.73. The van der Waals surface area contributed by atoms with Gasteiger partial charge in [-0.15, -0.1) is 0 Å². The molecule has 0 radical (unpaired) electrons. The van der Waals surface area contributed by atoms with E-state index in [1.165, 1.54) is 25.3 Å². The predicted molar refractivity (Wildman–Crippen MR) is 110 cm³/mol. The van der Waals surface area contributed by atoms with Gasteiger partial charge in [0.1, 0.15) is 11.4 Å².